The molecule has 1 unspecified atom stereocenters. The molecule has 0 aromatic heterocycles. The number of nitrogens with one attached hydrogen (secondary N) is 1. The van der Waals surface area contributed by atoms with Crippen LogP contribution in [-0.2, 0) is 6.42 Å². The first kappa shape index (κ1) is 16.4. The molecule has 0 aliphatic rings. The molecule has 1 aromatic carbocycles. The lowest BCUT2D eigenvalue weighted by molar-refractivity contribution is 0.354. The number of benzene rings is 1. The highest BCUT2D eigenvalue weighted by molar-refractivity contribution is 5.43. The average Bonchev–Trinajstić information content (AvgIpc) is 2.47. The van der Waals surface area contributed by atoms with Crippen LogP contribution < -0.4 is 14.8 Å². The van der Waals surface area contributed by atoms with Gasteiger partial charge >= 0.3 is 0 Å². The molecule has 0 spiro atoms. The molecule has 3 heteroatoms. The highest BCUT2D eigenvalue weighted by Crippen LogP contribution is 2.28. The highest BCUT2D eigenvalue weighted by atomic mass is 16.5. The fourth-order valence-electron chi connectivity index (χ4n) is 2.31. The van der Waals surface area contributed by atoms with Crippen LogP contribution in [0.25, 0.3) is 0 Å². The summed E-state index contributed by atoms with van der Waals surface area (Å²) in [6, 6.07) is 6.54. The SMILES string of the molecule is C#CCCCC(Cc1ccc(OC)c(OC)c1)NCC. The van der Waals surface area contributed by atoms with Crippen LogP contribution in [0.5, 0.6) is 11.5 Å². The van der Waals surface area contributed by atoms with E-state index in [1.165, 1.54) is 5.56 Å². The summed E-state index contributed by atoms with van der Waals surface area (Å²) >= 11 is 0. The number of methoxy groups -OCH3 is 2. The van der Waals surface area contributed by atoms with E-state index in [9.17, 15) is 0 Å². The summed E-state index contributed by atoms with van der Waals surface area (Å²) in [7, 11) is 3.31. The van der Waals surface area contributed by atoms with Gasteiger partial charge in [-0.15, -0.1) is 12.3 Å². The molecule has 0 radical (unpaired) electrons. The smallest absolute Gasteiger partial charge is 0.160 e. The summed E-state index contributed by atoms with van der Waals surface area (Å²) in [6.45, 7) is 3.09. The van der Waals surface area contributed by atoms with E-state index in [-0.39, 0.29) is 0 Å². The van der Waals surface area contributed by atoms with Crippen LogP contribution in [-0.4, -0.2) is 26.8 Å². The van der Waals surface area contributed by atoms with E-state index in [1.807, 2.05) is 12.1 Å². The molecule has 0 saturated heterocycles. The van der Waals surface area contributed by atoms with Gasteiger partial charge in [0.05, 0.1) is 14.2 Å². The van der Waals surface area contributed by atoms with Crippen LogP contribution in [0.15, 0.2) is 18.2 Å². The third-order valence-corrected chi connectivity index (χ3v) is 3.30. The van der Waals surface area contributed by atoms with E-state index in [2.05, 4.69) is 24.2 Å². The second-order valence-corrected chi connectivity index (χ2v) is 4.74. The predicted octanol–water partition coefficient (Wildman–Crippen LogP) is 3.03. The van der Waals surface area contributed by atoms with Gasteiger partial charge in [0.1, 0.15) is 0 Å². The van der Waals surface area contributed by atoms with Crippen molar-refractivity contribution in [2.75, 3.05) is 20.8 Å². The molecule has 0 amide bonds. The molecular weight excluding hydrogens is 250 g/mol. The van der Waals surface area contributed by atoms with Crippen LogP contribution >= 0.6 is 0 Å². The predicted molar refractivity (Wildman–Crippen MR) is 83.4 cm³/mol. The van der Waals surface area contributed by atoms with Crippen molar-refractivity contribution in [3.63, 3.8) is 0 Å². The number of ether oxygens (including phenoxy) is 2. The van der Waals surface area contributed by atoms with Gasteiger partial charge in [-0.1, -0.05) is 13.0 Å². The van der Waals surface area contributed by atoms with Gasteiger partial charge in [-0.3, -0.25) is 0 Å². The molecule has 0 bridgehead atoms. The van der Waals surface area contributed by atoms with Gasteiger partial charge in [0.25, 0.3) is 0 Å². The third-order valence-electron chi connectivity index (χ3n) is 3.30. The molecule has 1 atom stereocenters. The Morgan fingerprint density at radius 3 is 2.60 bits per heavy atom. The summed E-state index contributed by atoms with van der Waals surface area (Å²) < 4.78 is 10.6. The van der Waals surface area contributed by atoms with Gasteiger partial charge in [0.15, 0.2) is 11.5 Å². The summed E-state index contributed by atoms with van der Waals surface area (Å²) in [6.07, 6.45) is 9.27. The lowest BCUT2D eigenvalue weighted by Crippen LogP contribution is -2.30. The molecule has 0 fully saturated rings. The molecular formula is C17H25NO2. The van der Waals surface area contributed by atoms with Crippen LogP contribution in [0.1, 0.15) is 31.7 Å². The first-order valence-electron chi connectivity index (χ1n) is 7.12. The summed E-state index contributed by atoms with van der Waals surface area (Å²) in [5.74, 6) is 4.25. The van der Waals surface area contributed by atoms with Crippen molar-refractivity contribution in [3.05, 3.63) is 23.8 Å². The summed E-state index contributed by atoms with van der Waals surface area (Å²) in [5, 5.41) is 3.52. The van der Waals surface area contributed by atoms with E-state index in [4.69, 9.17) is 15.9 Å². The Morgan fingerprint density at radius 2 is 2.00 bits per heavy atom. The minimum absolute atomic E-state index is 0.450. The molecule has 1 rings (SSSR count). The average molecular weight is 275 g/mol. The van der Waals surface area contributed by atoms with Crippen LogP contribution in [0.4, 0.5) is 0 Å². The summed E-state index contributed by atoms with van der Waals surface area (Å²) in [4.78, 5) is 0. The van der Waals surface area contributed by atoms with Gasteiger partial charge in [-0.25, -0.2) is 0 Å². The zero-order valence-electron chi connectivity index (χ0n) is 12.7. The Balaban J connectivity index is 2.69. The van der Waals surface area contributed by atoms with Gasteiger partial charge in [-0.05, 0) is 43.5 Å². The Morgan fingerprint density at radius 1 is 1.25 bits per heavy atom. The van der Waals surface area contributed by atoms with Crippen LogP contribution in [0, 0.1) is 12.3 Å². The molecule has 1 N–H and O–H groups in total. The van der Waals surface area contributed by atoms with E-state index in [0.717, 1.165) is 43.7 Å². The van der Waals surface area contributed by atoms with E-state index >= 15 is 0 Å². The maximum atomic E-state index is 5.35. The van der Waals surface area contributed by atoms with E-state index in [0.29, 0.717) is 6.04 Å². The van der Waals surface area contributed by atoms with E-state index in [1.54, 1.807) is 14.2 Å². The molecule has 0 saturated carbocycles. The lowest BCUT2D eigenvalue weighted by Gasteiger charge is -2.18. The van der Waals surface area contributed by atoms with E-state index < -0.39 is 0 Å². The van der Waals surface area contributed by atoms with Gasteiger partial charge in [-0.2, -0.15) is 0 Å². The minimum Gasteiger partial charge on any atom is -0.493 e. The van der Waals surface area contributed by atoms with Gasteiger partial charge in [0, 0.05) is 12.5 Å². The maximum absolute atomic E-state index is 5.35. The molecule has 0 aliphatic carbocycles. The topological polar surface area (TPSA) is 30.5 Å². The zero-order chi connectivity index (χ0) is 14.8. The number of hydrogen-bond acceptors (Lipinski definition) is 3. The van der Waals surface area contributed by atoms with Gasteiger partial charge < -0.3 is 14.8 Å². The minimum atomic E-state index is 0.450. The molecule has 0 aliphatic heterocycles. The zero-order valence-corrected chi connectivity index (χ0v) is 12.7. The molecule has 1 aromatic rings. The number of rotatable bonds is 9. The Labute approximate surface area is 122 Å². The van der Waals surface area contributed by atoms with Gasteiger partial charge in [0.2, 0.25) is 0 Å². The quantitative estimate of drug-likeness (QED) is 0.555. The fraction of sp³-hybridized carbons (Fsp3) is 0.529. The number of hydrogen-bond donors (Lipinski definition) is 1. The fourth-order valence-corrected chi connectivity index (χ4v) is 2.31. The monoisotopic (exact) mass is 275 g/mol. The van der Waals surface area contributed by atoms with Crippen molar-refractivity contribution in [2.24, 2.45) is 0 Å². The maximum Gasteiger partial charge on any atom is 0.160 e. The molecule has 0 heterocycles. The number of likely N-dealkylation sites (N-methyl/N-ethyl adjacent to an activating group) is 1. The van der Waals surface area contributed by atoms with Crippen molar-refractivity contribution < 1.29 is 9.47 Å². The number of unbranched alkanes of at least 4 members (excludes halogenated alkanes) is 1. The van der Waals surface area contributed by atoms with Crippen LogP contribution in [0.3, 0.4) is 0 Å². The van der Waals surface area contributed by atoms with Crippen molar-refractivity contribution >= 4 is 0 Å². The Hall–Kier alpha value is -1.66. The van der Waals surface area contributed by atoms with Crippen molar-refractivity contribution in [2.45, 2.75) is 38.6 Å². The first-order chi connectivity index (χ1) is 9.74. The highest BCUT2D eigenvalue weighted by Gasteiger charge is 2.10. The first-order valence-corrected chi connectivity index (χ1v) is 7.12. The molecule has 110 valence electrons. The third kappa shape index (κ3) is 5.14. The summed E-state index contributed by atoms with van der Waals surface area (Å²) in [5.41, 5.74) is 1.24. The normalized spacial score (nSPS) is 11.7. The van der Waals surface area contributed by atoms with Crippen molar-refractivity contribution in [1.82, 2.24) is 5.32 Å². The standard InChI is InChI=1S/C17H25NO2/c1-5-7-8-9-15(18-6-2)12-14-10-11-16(19-3)17(13-14)20-4/h1,10-11,13,15,18H,6-9,12H2,2-4H3. The largest absolute Gasteiger partial charge is 0.493 e. The van der Waals surface area contributed by atoms with Crippen molar-refractivity contribution in [1.29, 1.82) is 0 Å². The van der Waals surface area contributed by atoms with Crippen LogP contribution in [0.2, 0.25) is 0 Å². The Bertz CT molecular complexity index is 437. The number of terminal acetylenes is 1. The Kier molecular flexibility index (Phi) is 7.60. The molecule has 20 heavy (non-hydrogen) atoms. The second kappa shape index (κ2) is 9.28. The lowest BCUT2D eigenvalue weighted by atomic mass is 10.0. The second-order valence-electron chi connectivity index (χ2n) is 4.74. The molecule has 3 nitrogen and oxygen atoms in total. The van der Waals surface area contributed by atoms with Crippen molar-refractivity contribution in [3.8, 4) is 23.8 Å².